The molecule has 0 aliphatic carbocycles. The molecule has 1 aromatic rings. The van der Waals surface area contributed by atoms with Crippen molar-refractivity contribution in [3.05, 3.63) is 28.3 Å². The minimum Gasteiger partial charge on any atom is -0.490 e. The predicted octanol–water partition coefficient (Wildman–Crippen LogP) is 0.528. The van der Waals surface area contributed by atoms with E-state index >= 15 is 0 Å². The molecule has 9 heteroatoms. The van der Waals surface area contributed by atoms with Crippen molar-refractivity contribution < 1.29 is 22.8 Å². The molecule has 0 saturated carbocycles. The highest BCUT2D eigenvalue weighted by Crippen LogP contribution is 2.29. The van der Waals surface area contributed by atoms with Gasteiger partial charge >= 0.3 is 5.69 Å². The minimum atomic E-state index is -3.80. The van der Waals surface area contributed by atoms with Crippen LogP contribution in [-0.2, 0) is 14.8 Å². The third-order valence-corrected chi connectivity index (χ3v) is 3.71. The Morgan fingerprint density at radius 2 is 2.05 bits per heavy atom. The maximum absolute atomic E-state index is 11.9. The van der Waals surface area contributed by atoms with Crippen LogP contribution in [0.1, 0.15) is 0 Å². The third-order valence-electron chi connectivity index (χ3n) is 2.26. The second-order valence-electron chi connectivity index (χ2n) is 3.48. The summed E-state index contributed by atoms with van der Waals surface area (Å²) in [5.74, 6) is 0.000779. The molecule has 0 saturated heterocycles. The van der Waals surface area contributed by atoms with Gasteiger partial charge in [-0.1, -0.05) is 0 Å². The number of sulfonamides is 1. The molecule has 0 atom stereocenters. The fraction of sp³-hybridized carbons (Fsp3) is 0.400. The summed E-state index contributed by atoms with van der Waals surface area (Å²) in [5.41, 5.74) is -0.405. The Kier molecular flexibility index (Phi) is 5.21. The van der Waals surface area contributed by atoms with E-state index in [9.17, 15) is 18.5 Å². The molecule has 0 spiro atoms. The maximum atomic E-state index is 11.9. The van der Waals surface area contributed by atoms with Gasteiger partial charge in [-0.3, -0.25) is 10.1 Å². The lowest BCUT2D eigenvalue weighted by Gasteiger charge is -2.07. The molecule has 106 valence electrons. The van der Waals surface area contributed by atoms with Crippen molar-refractivity contribution in [2.45, 2.75) is 4.90 Å². The summed E-state index contributed by atoms with van der Waals surface area (Å²) in [7, 11) is -1.10. The first-order chi connectivity index (χ1) is 8.92. The van der Waals surface area contributed by atoms with Gasteiger partial charge in [-0.05, 0) is 12.1 Å². The molecular formula is C10H14N2O6S. The van der Waals surface area contributed by atoms with Gasteiger partial charge in [0.2, 0.25) is 10.0 Å². The molecule has 0 bridgehead atoms. The highest BCUT2D eigenvalue weighted by Gasteiger charge is 2.21. The lowest BCUT2D eigenvalue weighted by Crippen LogP contribution is -2.27. The molecule has 0 fully saturated rings. The van der Waals surface area contributed by atoms with E-state index in [1.165, 1.54) is 26.4 Å². The smallest absolute Gasteiger partial charge is 0.312 e. The minimum absolute atomic E-state index is 0.000779. The second kappa shape index (κ2) is 6.45. The van der Waals surface area contributed by atoms with E-state index in [1.54, 1.807) is 0 Å². The van der Waals surface area contributed by atoms with Gasteiger partial charge in [-0.25, -0.2) is 13.1 Å². The topological polar surface area (TPSA) is 108 Å². The molecule has 0 radical (unpaired) electrons. The molecule has 0 aromatic heterocycles. The molecule has 1 rings (SSSR count). The van der Waals surface area contributed by atoms with E-state index in [2.05, 4.69) is 4.72 Å². The summed E-state index contributed by atoms with van der Waals surface area (Å²) < 4.78 is 35.5. The predicted molar refractivity (Wildman–Crippen MR) is 66.7 cm³/mol. The van der Waals surface area contributed by atoms with Crippen molar-refractivity contribution in [2.75, 3.05) is 27.4 Å². The molecule has 0 heterocycles. The highest BCUT2D eigenvalue weighted by atomic mass is 32.2. The van der Waals surface area contributed by atoms with Gasteiger partial charge in [-0.2, -0.15) is 0 Å². The van der Waals surface area contributed by atoms with E-state index in [0.29, 0.717) is 0 Å². The number of hydrogen-bond donors (Lipinski definition) is 1. The average Bonchev–Trinajstić information content (AvgIpc) is 2.38. The van der Waals surface area contributed by atoms with Gasteiger partial charge in [0.25, 0.3) is 0 Å². The Labute approximate surface area is 110 Å². The molecule has 0 aliphatic heterocycles. The van der Waals surface area contributed by atoms with Crippen molar-refractivity contribution in [2.24, 2.45) is 0 Å². The van der Waals surface area contributed by atoms with Crippen LogP contribution in [0.2, 0.25) is 0 Å². The number of rotatable bonds is 7. The monoisotopic (exact) mass is 290 g/mol. The van der Waals surface area contributed by atoms with Crippen LogP contribution in [0.5, 0.6) is 5.75 Å². The third kappa shape index (κ3) is 3.88. The van der Waals surface area contributed by atoms with Gasteiger partial charge in [-0.15, -0.1) is 0 Å². The second-order valence-corrected chi connectivity index (χ2v) is 5.25. The van der Waals surface area contributed by atoms with Crippen molar-refractivity contribution in [1.82, 2.24) is 4.72 Å². The Balaban J connectivity index is 3.07. The highest BCUT2D eigenvalue weighted by molar-refractivity contribution is 7.89. The van der Waals surface area contributed by atoms with Crippen LogP contribution in [-0.4, -0.2) is 40.7 Å². The zero-order valence-electron chi connectivity index (χ0n) is 10.5. The lowest BCUT2D eigenvalue weighted by atomic mass is 10.3. The molecule has 8 nitrogen and oxygen atoms in total. The van der Waals surface area contributed by atoms with Crippen molar-refractivity contribution in [1.29, 1.82) is 0 Å². The number of nitrogens with one attached hydrogen (secondary N) is 1. The number of nitro groups is 1. The Hall–Kier alpha value is -1.71. The van der Waals surface area contributed by atoms with Gasteiger partial charge < -0.3 is 9.47 Å². The first kappa shape index (κ1) is 15.3. The van der Waals surface area contributed by atoms with Crippen LogP contribution in [0.3, 0.4) is 0 Å². The summed E-state index contributed by atoms with van der Waals surface area (Å²) >= 11 is 0. The van der Waals surface area contributed by atoms with Crippen molar-refractivity contribution in [3.8, 4) is 5.75 Å². The average molecular weight is 290 g/mol. The molecule has 0 amide bonds. The Morgan fingerprint density at radius 3 is 2.58 bits per heavy atom. The normalized spacial score (nSPS) is 11.3. The maximum Gasteiger partial charge on any atom is 0.312 e. The zero-order chi connectivity index (χ0) is 14.5. The van der Waals surface area contributed by atoms with E-state index in [-0.39, 0.29) is 23.8 Å². The molecule has 1 aromatic carbocycles. The summed E-state index contributed by atoms with van der Waals surface area (Å²) in [6, 6.07) is 3.43. The largest absolute Gasteiger partial charge is 0.490 e. The molecule has 0 aliphatic rings. The summed E-state index contributed by atoms with van der Waals surface area (Å²) in [6.45, 7) is 0.288. The fourth-order valence-corrected chi connectivity index (χ4v) is 2.37. The fourth-order valence-electron chi connectivity index (χ4n) is 1.34. The van der Waals surface area contributed by atoms with Crippen LogP contribution in [0.4, 0.5) is 5.69 Å². The van der Waals surface area contributed by atoms with Crippen LogP contribution < -0.4 is 9.46 Å². The summed E-state index contributed by atoms with van der Waals surface area (Å²) in [6.07, 6.45) is 0. The quantitative estimate of drug-likeness (QED) is 0.446. The Bertz CT molecular complexity index is 557. The Morgan fingerprint density at radius 1 is 1.37 bits per heavy atom. The molecule has 0 unspecified atom stereocenters. The zero-order valence-corrected chi connectivity index (χ0v) is 11.3. The first-order valence-corrected chi connectivity index (χ1v) is 6.71. The van der Waals surface area contributed by atoms with Gasteiger partial charge in [0.15, 0.2) is 5.75 Å². The SMILES string of the molecule is COCCNS(=O)(=O)c1ccc(OC)c([N+](=O)[O-])c1. The number of methoxy groups -OCH3 is 2. The van der Waals surface area contributed by atoms with E-state index in [0.717, 1.165) is 6.07 Å². The van der Waals surface area contributed by atoms with Gasteiger partial charge in [0, 0.05) is 19.7 Å². The van der Waals surface area contributed by atoms with Crippen molar-refractivity contribution in [3.63, 3.8) is 0 Å². The molecule has 1 N–H and O–H groups in total. The number of nitro benzene ring substituents is 1. The number of hydrogen-bond acceptors (Lipinski definition) is 6. The summed E-state index contributed by atoms with van der Waals surface area (Å²) in [4.78, 5) is 9.91. The standard InChI is InChI=1S/C10H14N2O6S/c1-17-6-5-11-19(15,16)8-3-4-10(18-2)9(7-8)12(13)14/h3-4,7,11H,5-6H2,1-2H3. The van der Waals surface area contributed by atoms with Crippen molar-refractivity contribution >= 4 is 15.7 Å². The number of ether oxygens (including phenoxy) is 2. The van der Waals surface area contributed by atoms with Crippen LogP contribution in [0, 0.1) is 10.1 Å². The van der Waals surface area contributed by atoms with Gasteiger partial charge in [0.05, 0.1) is 23.5 Å². The molecular weight excluding hydrogens is 276 g/mol. The van der Waals surface area contributed by atoms with Crippen LogP contribution in [0.15, 0.2) is 23.1 Å². The summed E-state index contributed by atoms with van der Waals surface area (Å²) in [5, 5.41) is 10.8. The van der Waals surface area contributed by atoms with Crippen LogP contribution >= 0.6 is 0 Å². The van der Waals surface area contributed by atoms with E-state index in [1.807, 2.05) is 0 Å². The first-order valence-electron chi connectivity index (χ1n) is 5.23. The number of benzene rings is 1. The van der Waals surface area contributed by atoms with E-state index in [4.69, 9.17) is 9.47 Å². The van der Waals surface area contributed by atoms with E-state index < -0.39 is 20.6 Å². The lowest BCUT2D eigenvalue weighted by molar-refractivity contribution is -0.386. The number of nitrogens with zero attached hydrogens (tertiary/aromatic N) is 1. The van der Waals surface area contributed by atoms with Crippen LogP contribution in [0.25, 0.3) is 0 Å². The van der Waals surface area contributed by atoms with Gasteiger partial charge in [0.1, 0.15) is 0 Å². The molecule has 19 heavy (non-hydrogen) atoms.